The molecule has 0 aliphatic rings. The molecule has 0 unspecified atom stereocenters. The van der Waals surface area contributed by atoms with Gasteiger partial charge in [-0.1, -0.05) is 23.5 Å². The summed E-state index contributed by atoms with van der Waals surface area (Å²) in [6.45, 7) is 0. The Bertz CT molecular complexity index is 834. The van der Waals surface area contributed by atoms with Crippen LogP contribution in [0.5, 0.6) is 11.5 Å². The molecule has 7 heteroatoms. The molecule has 0 atom stereocenters. The quantitative estimate of drug-likeness (QED) is 0.769. The van der Waals surface area contributed by atoms with Gasteiger partial charge in [-0.05, 0) is 24.3 Å². The number of methoxy groups -OCH3 is 1. The van der Waals surface area contributed by atoms with Crippen molar-refractivity contribution in [2.75, 3.05) is 12.4 Å². The van der Waals surface area contributed by atoms with Crippen LogP contribution in [0.25, 0.3) is 10.6 Å². The van der Waals surface area contributed by atoms with Gasteiger partial charge in [0, 0.05) is 12.4 Å². The van der Waals surface area contributed by atoms with Crippen LogP contribution in [0.15, 0.2) is 48.8 Å². The van der Waals surface area contributed by atoms with Crippen LogP contribution in [0.2, 0.25) is 0 Å². The Kier molecular flexibility index (Phi) is 4.20. The fourth-order valence-electron chi connectivity index (χ4n) is 1.99. The minimum atomic E-state index is -0.455. The monoisotopic (exact) mass is 327 g/mol. The second-order valence-electron chi connectivity index (χ2n) is 4.56. The second-order valence-corrected chi connectivity index (χ2v) is 5.59. The number of phenolic OH excluding ortho intramolecular Hbond substituents is 1. The van der Waals surface area contributed by atoms with Crippen molar-refractivity contribution in [2.45, 2.75) is 0 Å². The van der Waals surface area contributed by atoms with Gasteiger partial charge in [-0.15, -0.1) is 0 Å². The minimum Gasteiger partial charge on any atom is -0.504 e. The Morgan fingerprint density at radius 1 is 1.22 bits per heavy atom. The van der Waals surface area contributed by atoms with E-state index in [-0.39, 0.29) is 17.1 Å². The highest BCUT2D eigenvalue weighted by Crippen LogP contribution is 2.31. The van der Waals surface area contributed by atoms with E-state index in [1.807, 2.05) is 18.2 Å². The molecule has 3 aromatic rings. The molecule has 2 heterocycles. The van der Waals surface area contributed by atoms with E-state index in [0.29, 0.717) is 5.13 Å². The van der Waals surface area contributed by atoms with E-state index in [4.69, 9.17) is 4.74 Å². The zero-order valence-corrected chi connectivity index (χ0v) is 13.0. The van der Waals surface area contributed by atoms with Crippen LogP contribution in [-0.4, -0.2) is 28.1 Å². The molecule has 0 saturated heterocycles. The van der Waals surface area contributed by atoms with Gasteiger partial charge in [-0.25, -0.2) is 4.98 Å². The van der Waals surface area contributed by atoms with Gasteiger partial charge in [0.1, 0.15) is 0 Å². The van der Waals surface area contributed by atoms with Gasteiger partial charge < -0.3 is 9.84 Å². The first-order valence-corrected chi connectivity index (χ1v) is 7.55. The number of nitrogens with one attached hydrogen (secondary N) is 1. The zero-order valence-electron chi connectivity index (χ0n) is 12.2. The number of anilines is 1. The van der Waals surface area contributed by atoms with Crippen LogP contribution in [0.4, 0.5) is 5.13 Å². The lowest BCUT2D eigenvalue weighted by Gasteiger charge is -2.07. The number of thiazole rings is 1. The normalized spacial score (nSPS) is 10.3. The largest absolute Gasteiger partial charge is 0.504 e. The van der Waals surface area contributed by atoms with Crippen molar-refractivity contribution in [3.63, 3.8) is 0 Å². The maximum absolute atomic E-state index is 12.3. The third kappa shape index (κ3) is 3.14. The van der Waals surface area contributed by atoms with Crippen molar-refractivity contribution in [1.82, 2.24) is 9.97 Å². The Balaban J connectivity index is 1.80. The summed E-state index contributed by atoms with van der Waals surface area (Å²) in [6, 6.07) is 10.3. The van der Waals surface area contributed by atoms with Crippen LogP contribution < -0.4 is 10.1 Å². The number of phenols is 1. The first-order valence-electron chi connectivity index (χ1n) is 6.73. The number of aromatic hydroxyl groups is 1. The molecule has 2 aromatic heterocycles. The third-order valence-electron chi connectivity index (χ3n) is 3.11. The molecule has 1 amide bonds. The lowest BCUT2D eigenvalue weighted by molar-refractivity contribution is 0.102. The Morgan fingerprint density at radius 3 is 2.83 bits per heavy atom. The fourth-order valence-corrected chi connectivity index (χ4v) is 2.78. The van der Waals surface area contributed by atoms with E-state index in [2.05, 4.69) is 15.3 Å². The number of pyridine rings is 1. The number of aromatic nitrogens is 2. The van der Waals surface area contributed by atoms with Crippen molar-refractivity contribution in [2.24, 2.45) is 0 Å². The van der Waals surface area contributed by atoms with Gasteiger partial charge in [0.25, 0.3) is 5.91 Å². The summed E-state index contributed by atoms with van der Waals surface area (Å²) in [5.74, 6) is -0.414. The van der Waals surface area contributed by atoms with Crippen molar-refractivity contribution in [3.05, 3.63) is 54.4 Å². The first-order chi connectivity index (χ1) is 11.2. The fraction of sp³-hybridized carbons (Fsp3) is 0.0625. The lowest BCUT2D eigenvalue weighted by Crippen LogP contribution is -2.12. The molecule has 3 rings (SSSR count). The van der Waals surface area contributed by atoms with E-state index in [1.165, 1.54) is 24.5 Å². The maximum Gasteiger partial charge on any atom is 0.261 e. The van der Waals surface area contributed by atoms with E-state index in [9.17, 15) is 9.90 Å². The summed E-state index contributed by atoms with van der Waals surface area (Å²) in [5, 5.41) is 13.1. The van der Waals surface area contributed by atoms with Crippen LogP contribution in [0, 0.1) is 0 Å². The third-order valence-corrected chi connectivity index (χ3v) is 4.04. The Labute approximate surface area is 136 Å². The summed E-state index contributed by atoms with van der Waals surface area (Å²) < 4.78 is 5.00. The summed E-state index contributed by atoms with van der Waals surface area (Å²) >= 11 is 1.31. The number of carbonyl (C=O) groups is 1. The Hall–Kier alpha value is -2.93. The molecule has 0 saturated carbocycles. The molecule has 0 aliphatic carbocycles. The van der Waals surface area contributed by atoms with E-state index < -0.39 is 5.91 Å². The molecular formula is C16H13N3O3S. The van der Waals surface area contributed by atoms with Gasteiger partial charge in [0.15, 0.2) is 16.6 Å². The topological polar surface area (TPSA) is 84.3 Å². The number of para-hydroxylation sites is 1. The van der Waals surface area contributed by atoms with Crippen LogP contribution in [-0.2, 0) is 0 Å². The van der Waals surface area contributed by atoms with Crippen molar-refractivity contribution < 1.29 is 14.6 Å². The average molecular weight is 327 g/mol. The van der Waals surface area contributed by atoms with E-state index in [1.54, 1.807) is 24.5 Å². The Morgan fingerprint density at radius 2 is 2.09 bits per heavy atom. The summed E-state index contributed by atoms with van der Waals surface area (Å²) in [4.78, 5) is 21.5. The predicted molar refractivity (Wildman–Crippen MR) is 88.0 cm³/mol. The summed E-state index contributed by atoms with van der Waals surface area (Å²) in [5.41, 5.74) is 0.911. The second kappa shape index (κ2) is 6.45. The number of ether oxygens (including phenoxy) is 1. The number of nitrogens with zero attached hydrogens (tertiary/aromatic N) is 2. The average Bonchev–Trinajstić information content (AvgIpc) is 3.04. The number of hydrogen-bond donors (Lipinski definition) is 2. The maximum atomic E-state index is 12.3. The van der Waals surface area contributed by atoms with Crippen LogP contribution in [0.3, 0.4) is 0 Å². The van der Waals surface area contributed by atoms with Crippen molar-refractivity contribution in [3.8, 4) is 22.1 Å². The van der Waals surface area contributed by atoms with Gasteiger partial charge in [0.05, 0.1) is 23.2 Å². The molecular weight excluding hydrogens is 314 g/mol. The van der Waals surface area contributed by atoms with E-state index in [0.717, 1.165) is 10.6 Å². The number of carbonyl (C=O) groups excluding carboxylic acids is 1. The number of hydrogen-bond acceptors (Lipinski definition) is 6. The summed E-state index contributed by atoms with van der Waals surface area (Å²) in [6.07, 6.45) is 3.34. The smallest absolute Gasteiger partial charge is 0.261 e. The van der Waals surface area contributed by atoms with Gasteiger partial charge in [-0.3, -0.25) is 15.1 Å². The standard InChI is InChI=1S/C16H13N3O3S/c1-22-12-7-4-5-10(14(12)20)15(21)19-16-18-9-13(23-16)11-6-2-3-8-17-11/h2-9,20H,1H3,(H,18,19,21). The van der Waals surface area contributed by atoms with E-state index >= 15 is 0 Å². The number of benzene rings is 1. The highest BCUT2D eigenvalue weighted by molar-refractivity contribution is 7.19. The number of amides is 1. The molecule has 2 N–H and O–H groups in total. The molecule has 0 radical (unpaired) electrons. The molecule has 0 fully saturated rings. The summed E-state index contributed by atoms with van der Waals surface area (Å²) in [7, 11) is 1.43. The number of rotatable bonds is 4. The molecule has 116 valence electrons. The first kappa shape index (κ1) is 15.0. The molecule has 0 bridgehead atoms. The van der Waals surface area contributed by atoms with Crippen LogP contribution >= 0.6 is 11.3 Å². The van der Waals surface area contributed by atoms with Crippen LogP contribution in [0.1, 0.15) is 10.4 Å². The highest BCUT2D eigenvalue weighted by atomic mass is 32.1. The zero-order chi connectivity index (χ0) is 16.2. The highest BCUT2D eigenvalue weighted by Gasteiger charge is 2.16. The molecule has 1 aromatic carbocycles. The molecule has 0 spiro atoms. The predicted octanol–water partition coefficient (Wildman–Crippen LogP) is 3.17. The molecule has 0 aliphatic heterocycles. The lowest BCUT2D eigenvalue weighted by atomic mass is 10.2. The van der Waals surface area contributed by atoms with Gasteiger partial charge in [0.2, 0.25) is 0 Å². The molecule has 6 nitrogen and oxygen atoms in total. The van der Waals surface area contributed by atoms with Gasteiger partial charge >= 0.3 is 0 Å². The van der Waals surface area contributed by atoms with Gasteiger partial charge in [-0.2, -0.15) is 0 Å². The van der Waals surface area contributed by atoms with Crippen molar-refractivity contribution >= 4 is 22.4 Å². The minimum absolute atomic E-state index is 0.124. The molecule has 23 heavy (non-hydrogen) atoms. The van der Waals surface area contributed by atoms with Crippen molar-refractivity contribution in [1.29, 1.82) is 0 Å². The SMILES string of the molecule is COc1cccc(C(=O)Nc2ncc(-c3ccccn3)s2)c1O.